The fourth-order valence-electron chi connectivity index (χ4n) is 1.61. The third-order valence-electron chi connectivity index (χ3n) is 2.67. The highest BCUT2D eigenvalue weighted by Crippen LogP contribution is 2.22. The molecule has 0 unspecified atom stereocenters. The summed E-state index contributed by atoms with van der Waals surface area (Å²) in [6, 6.07) is 9.62. The van der Waals surface area contributed by atoms with Crippen molar-refractivity contribution in [3.8, 4) is 0 Å². The smallest absolute Gasteiger partial charge is 0.242 e. The summed E-state index contributed by atoms with van der Waals surface area (Å²) in [6.45, 7) is 0.0663. The van der Waals surface area contributed by atoms with Crippen molar-refractivity contribution in [3.05, 3.63) is 58.9 Å². The first-order chi connectivity index (χ1) is 9.90. The molecule has 0 fully saturated rings. The van der Waals surface area contributed by atoms with Gasteiger partial charge in [-0.05, 0) is 24.3 Å². The first-order valence-electron chi connectivity index (χ1n) is 5.89. The van der Waals surface area contributed by atoms with E-state index < -0.39 is 10.0 Å². The molecule has 5 nitrogen and oxygen atoms in total. The zero-order valence-corrected chi connectivity index (χ0v) is 13.2. The lowest BCUT2D eigenvalue weighted by Crippen LogP contribution is -2.24. The van der Waals surface area contributed by atoms with Gasteiger partial charge in [-0.2, -0.15) is 0 Å². The molecule has 0 aliphatic carbocycles. The predicted molar refractivity (Wildman–Crippen MR) is 85.6 cm³/mol. The normalized spacial score (nSPS) is 11.3. The lowest BCUT2D eigenvalue weighted by atomic mass is 10.2. The molecule has 2 aromatic rings. The van der Waals surface area contributed by atoms with Gasteiger partial charge in [0.25, 0.3) is 0 Å². The number of nitrogens with one attached hydrogen (secondary N) is 1. The van der Waals surface area contributed by atoms with Crippen LogP contribution in [0.2, 0.25) is 5.02 Å². The van der Waals surface area contributed by atoms with Crippen LogP contribution in [0.25, 0.3) is 0 Å². The molecule has 0 amide bonds. The Bertz CT molecular complexity index is 764. The minimum atomic E-state index is -3.78. The summed E-state index contributed by atoms with van der Waals surface area (Å²) in [6.07, 6.45) is 1.59. The van der Waals surface area contributed by atoms with E-state index in [1.807, 2.05) is 0 Å². The number of sulfonamides is 1. The Labute approximate surface area is 133 Å². The number of nitrogens with zero attached hydrogens (tertiary/aromatic N) is 1. The average molecular weight is 342 g/mol. The molecule has 1 heterocycles. The van der Waals surface area contributed by atoms with Gasteiger partial charge in [-0.1, -0.05) is 36.0 Å². The molecule has 0 atom stereocenters. The summed E-state index contributed by atoms with van der Waals surface area (Å²) in [5.41, 5.74) is 6.54. The number of rotatable bonds is 5. The topological polar surface area (TPSA) is 85.1 Å². The van der Waals surface area contributed by atoms with Gasteiger partial charge in [0.15, 0.2) is 0 Å². The highest BCUT2D eigenvalue weighted by Gasteiger charge is 2.19. The SMILES string of the molecule is NC(=S)c1ccc(Cl)c(S(=O)(=O)NCc2ccccn2)c1. The Balaban J connectivity index is 2.27. The van der Waals surface area contributed by atoms with E-state index in [9.17, 15) is 8.42 Å². The molecule has 0 spiro atoms. The van der Waals surface area contributed by atoms with Crippen LogP contribution in [0.1, 0.15) is 11.3 Å². The molecular formula is C13H12ClN3O2S2. The summed E-state index contributed by atoms with van der Waals surface area (Å²) in [4.78, 5) is 4.08. The predicted octanol–water partition coefficient (Wildman–Crippen LogP) is 1.85. The van der Waals surface area contributed by atoms with Crippen LogP contribution in [0.5, 0.6) is 0 Å². The van der Waals surface area contributed by atoms with Crippen molar-refractivity contribution in [2.45, 2.75) is 11.4 Å². The summed E-state index contributed by atoms with van der Waals surface area (Å²) in [5.74, 6) is 0. The van der Waals surface area contributed by atoms with Gasteiger partial charge < -0.3 is 5.73 Å². The lowest BCUT2D eigenvalue weighted by molar-refractivity contribution is 0.580. The van der Waals surface area contributed by atoms with E-state index in [1.54, 1.807) is 30.5 Å². The van der Waals surface area contributed by atoms with Gasteiger partial charge >= 0.3 is 0 Å². The Hall–Kier alpha value is -1.54. The lowest BCUT2D eigenvalue weighted by Gasteiger charge is -2.09. The van der Waals surface area contributed by atoms with E-state index in [1.165, 1.54) is 12.1 Å². The zero-order valence-electron chi connectivity index (χ0n) is 10.8. The second-order valence-electron chi connectivity index (χ2n) is 4.16. The number of halogens is 1. The Kier molecular flexibility index (Phi) is 4.89. The second kappa shape index (κ2) is 6.48. The minimum Gasteiger partial charge on any atom is -0.389 e. The second-order valence-corrected chi connectivity index (χ2v) is 6.74. The van der Waals surface area contributed by atoms with Crippen LogP contribution < -0.4 is 10.5 Å². The maximum Gasteiger partial charge on any atom is 0.242 e. The monoisotopic (exact) mass is 341 g/mol. The van der Waals surface area contributed by atoms with Crippen molar-refractivity contribution in [1.29, 1.82) is 0 Å². The van der Waals surface area contributed by atoms with Crippen molar-refractivity contribution in [2.24, 2.45) is 5.73 Å². The molecule has 2 rings (SSSR count). The van der Waals surface area contributed by atoms with Crippen LogP contribution >= 0.6 is 23.8 Å². The summed E-state index contributed by atoms with van der Waals surface area (Å²) >= 11 is 10.8. The van der Waals surface area contributed by atoms with Gasteiger partial charge in [0, 0.05) is 11.8 Å². The van der Waals surface area contributed by atoms with E-state index >= 15 is 0 Å². The van der Waals surface area contributed by atoms with Crippen molar-refractivity contribution in [2.75, 3.05) is 0 Å². The molecule has 0 saturated heterocycles. The fraction of sp³-hybridized carbons (Fsp3) is 0.0769. The third-order valence-corrected chi connectivity index (χ3v) is 4.79. The maximum absolute atomic E-state index is 12.3. The molecule has 1 aromatic carbocycles. The molecule has 0 bridgehead atoms. The number of nitrogens with two attached hydrogens (primary N) is 1. The number of hydrogen-bond acceptors (Lipinski definition) is 4. The largest absolute Gasteiger partial charge is 0.389 e. The van der Waals surface area contributed by atoms with E-state index in [2.05, 4.69) is 9.71 Å². The fourth-order valence-corrected chi connectivity index (χ4v) is 3.26. The quantitative estimate of drug-likeness (QED) is 0.811. The first-order valence-corrected chi connectivity index (χ1v) is 8.16. The van der Waals surface area contributed by atoms with E-state index in [0.717, 1.165) is 0 Å². The van der Waals surface area contributed by atoms with Gasteiger partial charge in [0.05, 0.1) is 17.3 Å². The average Bonchev–Trinajstić information content (AvgIpc) is 2.46. The van der Waals surface area contributed by atoms with Gasteiger partial charge in [0.1, 0.15) is 9.88 Å². The van der Waals surface area contributed by atoms with Crippen molar-refractivity contribution in [1.82, 2.24) is 9.71 Å². The van der Waals surface area contributed by atoms with Gasteiger partial charge in [-0.25, -0.2) is 13.1 Å². The van der Waals surface area contributed by atoms with Crippen LogP contribution in [-0.4, -0.2) is 18.4 Å². The van der Waals surface area contributed by atoms with Crippen LogP contribution in [0.4, 0.5) is 0 Å². The number of thiocarbonyl (C=S) groups is 1. The van der Waals surface area contributed by atoms with Crippen LogP contribution in [-0.2, 0) is 16.6 Å². The molecule has 3 N–H and O–H groups in total. The Morgan fingerprint density at radius 3 is 2.71 bits per heavy atom. The van der Waals surface area contributed by atoms with Gasteiger partial charge in [-0.15, -0.1) is 0 Å². The molecular weight excluding hydrogens is 330 g/mol. The zero-order chi connectivity index (χ0) is 15.5. The minimum absolute atomic E-state index is 0.0644. The number of pyridine rings is 1. The van der Waals surface area contributed by atoms with Gasteiger partial charge in [0.2, 0.25) is 10.0 Å². The Morgan fingerprint density at radius 2 is 2.10 bits per heavy atom. The summed E-state index contributed by atoms with van der Waals surface area (Å²) in [7, 11) is -3.78. The van der Waals surface area contributed by atoms with E-state index in [0.29, 0.717) is 11.3 Å². The molecule has 0 radical (unpaired) electrons. The standard InChI is InChI=1S/C13H12ClN3O2S2/c14-11-5-4-9(13(15)20)7-12(11)21(18,19)17-8-10-3-1-2-6-16-10/h1-7,17H,8H2,(H2,15,20). The number of hydrogen-bond donors (Lipinski definition) is 2. The van der Waals surface area contributed by atoms with Crippen molar-refractivity contribution >= 4 is 38.8 Å². The van der Waals surface area contributed by atoms with E-state index in [-0.39, 0.29) is 21.5 Å². The summed E-state index contributed by atoms with van der Waals surface area (Å²) < 4.78 is 27.0. The summed E-state index contributed by atoms with van der Waals surface area (Å²) in [5, 5.41) is 0.100. The molecule has 110 valence electrons. The third kappa shape index (κ3) is 3.98. The molecule has 0 aliphatic heterocycles. The highest BCUT2D eigenvalue weighted by atomic mass is 35.5. The molecule has 21 heavy (non-hydrogen) atoms. The molecule has 8 heteroatoms. The Morgan fingerprint density at radius 1 is 1.33 bits per heavy atom. The number of benzene rings is 1. The van der Waals surface area contributed by atoms with Crippen molar-refractivity contribution < 1.29 is 8.42 Å². The maximum atomic E-state index is 12.3. The van der Waals surface area contributed by atoms with Crippen LogP contribution in [0.15, 0.2) is 47.5 Å². The van der Waals surface area contributed by atoms with E-state index in [4.69, 9.17) is 29.6 Å². The molecule has 0 aliphatic rings. The van der Waals surface area contributed by atoms with Gasteiger partial charge in [-0.3, -0.25) is 4.98 Å². The van der Waals surface area contributed by atoms with Crippen molar-refractivity contribution in [3.63, 3.8) is 0 Å². The number of aromatic nitrogens is 1. The first kappa shape index (κ1) is 15.8. The molecule has 1 aromatic heterocycles. The van der Waals surface area contributed by atoms with Crippen LogP contribution in [0.3, 0.4) is 0 Å². The highest BCUT2D eigenvalue weighted by molar-refractivity contribution is 7.89. The van der Waals surface area contributed by atoms with Crippen LogP contribution in [0, 0.1) is 0 Å². The molecule has 0 saturated carbocycles.